The normalized spacial score (nSPS) is 12.9. The third-order valence-corrected chi connectivity index (χ3v) is 7.50. The molecule has 0 aliphatic rings. The van der Waals surface area contributed by atoms with E-state index in [2.05, 4.69) is 79.4 Å². The third kappa shape index (κ3) is 40.4. The Morgan fingerprint density at radius 3 is 0.750 bits per heavy atom. The summed E-state index contributed by atoms with van der Waals surface area (Å²) in [5.41, 5.74) is 0. The number of thiol groups is 3. The van der Waals surface area contributed by atoms with E-state index in [1.54, 1.807) is 0 Å². The minimum atomic E-state index is -1.05. The van der Waals surface area contributed by atoms with Crippen LogP contribution >= 0.6 is 37.9 Å². The van der Waals surface area contributed by atoms with Crippen LogP contribution in [0.15, 0.2) is 0 Å². The van der Waals surface area contributed by atoms with Crippen molar-refractivity contribution in [3.05, 3.63) is 0 Å². The molecule has 0 saturated carbocycles. The van der Waals surface area contributed by atoms with Crippen LogP contribution in [0.1, 0.15) is 138 Å². The fourth-order valence-electron chi connectivity index (χ4n) is 3.55. The van der Waals surface area contributed by atoms with Gasteiger partial charge >= 0.3 is 24.4 Å². The molecule has 0 spiro atoms. The molecule has 0 bridgehead atoms. The van der Waals surface area contributed by atoms with Gasteiger partial charge in [-0.3, -0.25) is 0 Å². The summed E-state index contributed by atoms with van der Waals surface area (Å²) < 4.78 is 0. The second-order valence-electron chi connectivity index (χ2n) is 11.6. The number of carbonyl (C=O) groups excluding carboxylic acids is 3. The molecule has 0 aromatic rings. The van der Waals surface area contributed by atoms with E-state index in [4.69, 9.17) is 0 Å². The number of hydrogen-bond acceptors (Lipinski definition) is 9. The first-order valence-corrected chi connectivity index (χ1v) is 16.3. The molecule has 3 atom stereocenters. The zero-order chi connectivity index (χ0) is 30.8. The minimum Gasteiger partial charge on any atom is -0.549 e. The molecule has 0 heterocycles. The molecule has 10 heteroatoms. The first-order valence-electron chi connectivity index (χ1n) is 14.8. The molecule has 6 nitrogen and oxygen atoms in total. The summed E-state index contributed by atoms with van der Waals surface area (Å²) in [5.74, 6) is -0.916. The van der Waals surface area contributed by atoms with Gasteiger partial charge < -0.3 is 29.7 Å². The molecule has 0 amide bonds. The van der Waals surface area contributed by atoms with Gasteiger partial charge in [-0.25, -0.2) is 0 Å². The number of hydrogen-bond donors (Lipinski definition) is 3. The Balaban J connectivity index is -0.000000240. The van der Waals surface area contributed by atoms with Crippen molar-refractivity contribution in [3.8, 4) is 0 Å². The van der Waals surface area contributed by atoms with Crippen molar-refractivity contribution in [1.29, 1.82) is 0 Å². The van der Waals surface area contributed by atoms with E-state index >= 15 is 0 Å². The first kappa shape index (κ1) is 47.2. The molecule has 0 rings (SSSR count). The molecule has 0 unspecified atom stereocenters. The van der Waals surface area contributed by atoms with Gasteiger partial charge in [0.2, 0.25) is 0 Å². The number of carboxylic acids is 3. The molecule has 0 fully saturated rings. The molecule has 236 valence electrons. The fourth-order valence-corrected chi connectivity index (χ4v) is 4.10. The van der Waals surface area contributed by atoms with Gasteiger partial charge in [-0.05, 0) is 37.0 Å². The van der Waals surface area contributed by atoms with Gasteiger partial charge in [-0.2, -0.15) is 37.9 Å². The Morgan fingerprint density at radius 2 is 0.600 bits per heavy atom. The van der Waals surface area contributed by atoms with Crippen molar-refractivity contribution in [2.24, 2.45) is 17.8 Å². The zero-order valence-corrected chi connectivity index (χ0v) is 31.0. The quantitative estimate of drug-likeness (QED) is 0.0907. The van der Waals surface area contributed by atoms with Crippen molar-refractivity contribution in [3.63, 3.8) is 0 Å². The summed E-state index contributed by atoms with van der Waals surface area (Å²) in [5, 5.41) is 29.1. The summed E-state index contributed by atoms with van der Waals surface area (Å²) in [6, 6.07) is 0. The predicted octanol–water partition coefficient (Wildman–Crippen LogP) is 4.54. The Hall–Kier alpha value is 0.278. The predicted molar refractivity (Wildman–Crippen MR) is 173 cm³/mol. The summed E-state index contributed by atoms with van der Waals surface area (Å²) >= 11 is 11.7. The van der Waals surface area contributed by atoms with Crippen molar-refractivity contribution in [1.82, 2.24) is 0 Å². The molecule has 2 radical (unpaired) electrons. The van der Waals surface area contributed by atoms with E-state index in [1.165, 1.54) is 38.5 Å². The maximum absolute atomic E-state index is 10.3. The van der Waals surface area contributed by atoms with E-state index in [9.17, 15) is 29.7 Å². The van der Waals surface area contributed by atoms with E-state index in [0.717, 1.165) is 56.3 Å². The van der Waals surface area contributed by atoms with Crippen LogP contribution in [0, 0.1) is 17.8 Å². The number of aliphatic carboxylic acids is 3. The molecular formula is C30H57O6S3Sb. The molecule has 0 N–H and O–H groups in total. The summed E-state index contributed by atoms with van der Waals surface area (Å²) in [6.45, 7) is 13.2. The van der Waals surface area contributed by atoms with Gasteiger partial charge in [0.05, 0.1) is 17.9 Å². The van der Waals surface area contributed by atoms with Gasteiger partial charge in [0.1, 0.15) is 0 Å². The molecule has 40 heavy (non-hydrogen) atoms. The Labute approximate surface area is 279 Å². The summed E-state index contributed by atoms with van der Waals surface area (Å²) in [6.07, 6.45) is 15.2. The summed E-state index contributed by atoms with van der Waals surface area (Å²) in [7, 11) is 0. The number of carbonyl (C=O) groups is 3. The smallest absolute Gasteiger partial charge is 0.549 e. The van der Waals surface area contributed by atoms with Gasteiger partial charge in [-0.15, -0.1) is 0 Å². The molecule has 0 aromatic carbocycles. The third-order valence-electron chi connectivity index (χ3n) is 6.09. The maximum Gasteiger partial charge on any atom is 3.00 e. The summed E-state index contributed by atoms with van der Waals surface area (Å²) in [4.78, 5) is 30.9. The fraction of sp³-hybridized carbons (Fsp3) is 0.900. The average molecular weight is 732 g/mol. The Morgan fingerprint density at radius 1 is 0.425 bits per heavy atom. The molecule has 0 aromatic heterocycles. The average Bonchev–Trinajstić information content (AvgIpc) is 2.83. The van der Waals surface area contributed by atoms with Crippen molar-refractivity contribution in [2.45, 2.75) is 154 Å². The van der Waals surface area contributed by atoms with Crippen molar-refractivity contribution >= 4 is 80.2 Å². The zero-order valence-electron chi connectivity index (χ0n) is 25.8. The van der Waals surface area contributed by atoms with E-state index < -0.39 is 33.7 Å². The second-order valence-corrected chi connectivity index (χ2v) is 13.5. The van der Waals surface area contributed by atoms with E-state index in [0.29, 0.717) is 19.3 Å². The van der Waals surface area contributed by atoms with Gasteiger partial charge in [-0.1, -0.05) is 119 Å². The van der Waals surface area contributed by atoms with Crippen LogP contribution in [0.2, 0.25) is 0 Å². The van der Waals surface area contributed by atoms with Crippen molar-refractivity contribution < 1.29 is 29.7 Å². The van der Waals surface area contributed by atoms with Gasteiger partial charge in [0, 0.05) is 15.7 Å². The number of carboxylic acid groups (broad SMARTS) is 3. The van der Waals surface area contributed by atoms with Crippen LogP contribution in [0.3, 0.4) is 0 Å². The number of unbranched alkanes of at least 4 members (excludes halogenated alkanes) is 6. The standard InChI is InChI=1S/3C10H20O2S.Sb/c3*1-8(2)6-4-3-5-7-9(13)10(11)12;/h3*8-9,13H,3-7H2,1-2H3,(H,11,12);/q;;;+3/p-3/t3*9-;/m000./s1. The molecule has 0 saturated heterocycles. The second kappa shape index (κ2) is 32.2. The van der Waals surface area contributed by atoms with Crippen LogP contribution in [0.4, 0.5) is 0 Å². The van der Waals surface area contributed by atoms with E-state index in [-0.39, 0.29) is 24.4 Å². The van der Waals surface area contributed by atoms with Crippen molar-refractivity contribution in [2.75, 3.05) is 0 Å². The van der Waals surface area contributed by atoms with Crippen LogP contribution < -0.4 is 15.3 Å². The minimum absolute atomic E-state index is 0. The van der Waals surface area contributed by atoms with Crippen LogP contribution in [-0.2, 0) is 14.4 Å². The SMILES string of the molecule is CC(C)CCCCC[C@H](S)C(=O)[O-].CC(C)CCCCC[C@H](S)C(=O)[O-].CC(C)CCCCC[C@H](S)C(=O)[O-].[Sb+3]. The number of rotatable bonds is 21. The Kier molecular flexibility index (Phi) is 38.0. The van der Waals surface area contributed by atoms with E-state index in [1.807, 2.05) is 0 Å². The van der Waals surface area contributed by atoms with Gasteiger partial charge in [0.15, 0.2) is 0 Å². The van der Waals surface area contributed by atoms with Gasteiger partial charge in [0.25, 0.3) is 0 Å². The molecular weight excluding hydrogens is 674 g/mol. The molecule has 0 aliphatic heterocycles. The topological polar surface area (TPSA) is 120 Å². The van der Waals surface area contributed by atoms with Crippen LogP contribution in [0.5, 0.6) is 0 Å². The van der Waals surface area contributed by atoms with Crippen LogP contribution in [0.25, 0.3) is 0 Å². The largest absolute Gasteiger partial charge is 3.00 e. The maximum atomic E-state index is 10.3. The first-order chi connectivity index (χ1) is 18.1. The molecule has 0 aliphatic carbocycles. The van der Waals surface area contributed by atoms with Crippen LogP contribution in [-0.4, -0.2) is 58.1 Å². The monoisotopic (exact) mass is 730 g/mol. The Bertz CT molecular complexity index is 525.